The molecule has 3 heterocycles. The quantitative estimate of drug-likeness (QED) is 0.616. The van der Waals surface area contributed by atoms with Crippen molar-refractivity contribution in [3.05, 3.63) is 48.0 Å². The molecule has 3 aliphatic heterocycles. The topological polar surface area (TPSA) is 55.8 Å². The van der Waals surface area contributed by atoms with Crippen LogP contribution in [-0.4, -0.2) is 41.1 Å². The molecule has 1 saturated carbocycles. The Balaban J connectivity index is 1.34. The van der Waals surface area contributed by atoms with E-state index >= 15 is 0 Å². The lowest BCUT2D eigenvalue weighted by Crippen LogP contribution is -2.41. The number of benzene rings is 1. The van der Waals surface area contributed by atoms with Crippen molar-refractivity contribution in [1.29, 1.82) is 0 Å². The molecule has 0 radical (unpaired) electrons. The van der Waals surface area contributed by atoms with Crippen LogP contribution in [-0.2, 0) is 25.7 Å². The second-order valence-corrected chi connectivity index (χ2v) is 7.90. The maximum atomic E-state index is 13.2. The first-order valence-corrected chi connectivity index (χ1v) is 9.56. The van der Waals surface area contributed by atoms with Crippen LogP contribution in [0.4, 0.5) is 0 Å². The Hall–Kier alpha value is -2.14. The number of hydrogen-bond acceptors (Lipinski definition) is 4. The standard InChI is InChI=1S/C21H23NO4/c23-19-18-17(20(24)25-12-14-6-2-1-3-7-14)16-10-11-21(18,26-16)13-22(19)15-8-4-5-9-15/h1-3,6-7,10-11,15-18H,4-5,8-9,12-13H2/t16-,17-,18-,21+/m0/s1. The van der Waals surface area contributed by atoms with Crippen LogP contribution in [0.15, 0.2) is 42.5 Å². The van der Waals surface area contributed by atoms with E-state index in [4.69, 9.17) is 9.47 Å². The Morgan fingerprint density at radius 1 is 1.23 bits per heavy atom. The number of likely N-dealkylation sites (tertiary alicyclic amines) is 1. The summed E-state index contributed by atoms with van der Waals surface area (Å²) in [5.74, 6) is -1.20. The molecule has 2 bridgehead atoms. The van der Waals surface area contributed by atoms with Gasteiger partial charge < -0.3 is 14.4 Å². The summed E-state index contributed by atoms with van der Waals surface area (Å²) in [6.07, 6.45) is 8.09. The van der Waals surface area contributed by atoms with Crippen molar-refractivity contribution in [2.75, 3.05) is 6.54 Å². The fourth-order valence-electron chi connectivity index (χ4n) is 5.15. The molecule has 1 aromatic rings. The van der Waals surface area contributed by atoms with E-state index in [0.717, 1.165) is 18.4 Å². The lowest BCUT2D eigenvalue weighted by Gasteiger charge is -2.26. The molecule has 5 nitrogen and oxygen atoms in total. The van der Waals surface area contributed by atoms with Gasteiger partial charge in [0.25, 0.3) is 0 Å². The van der Waals surface area contributed by atoms with Gasteiger partial charge in [0.15, 0.2) is 0 Å². The molecule has 4 aliphatic rings. The highest BCUT2D eigenvalue weighted by Crippen LogP contribution is 2.53. The minimum atomic E-state index is -0.624. The highest BCUT2D eigenvalue weighted by molar-refractivity contribution is 5.91. The first kappa shape index (κ1) is 16.1. The van der Waals surface area contributed by atoms with Crippen LogP contribution < -0.4 is 0 Å². The molecule has 0 aromatic heterocycles. The van der Waals surface area contributed by atoms with Crippen LogP contribution in [0.5, 0.6) is 0 Å². The van der Waals surface area contributed by atoms with Crippen molar-refractivity contribution in [3.8, 4) is 0 Å². The highest BCUT2D eigenvalue weighted by atomic mass is 16.6. The Morgan fingerprint density at radius 2 is 2.00 bits per heavy atom. The predicted molar refractivity (Wildman–Crippen MR) is 93.9 cm³/mol. The number of hydrogen-bond donors (Lipinski definition) is 0. The molecule has 0 N–H and O–H groups in total. The smallest absolute Gasteiger partial charge is 0.313 e. The fourth-order valence-corrected chi connectivity index (χ4v) is 5.15. The molecule has 1 amide bonds. The first-order valence-electron chi connectivity index (χ1n) is 9.56. The number of ether oxygens (including phenoxy) is 2. The molecular formula is C21H23NO4. The van der Waals surface area contributed by atoms with Crippen LogP contribution in [0.25, 0.3) is 0 Å². The van der Waals surface area contributed by atoms with Crippen molar-refractivity contribution < 1.29 is 19.1 Å². The average molecular weight is 353 g/mol. The normalized spacial score (nSPS) is 35.3. The Labute approximate surface area is 153 Å². The lowest BCUT2D eigenvalue weighted by atomic mass is 9.77. The number of fused-ring (bicyclic) bond motifs is 1. The van der Waals surface area contributed by atoms with Crippen molar-refractivity contribution in [1.82, 2.24) is 4.90 Å². The van der Waals surface area contributed by atoms with Crippen LogP contribution in [0.1, 0.15) is 31.2 Å². The minimum Gasteiger partial charge on any atom is -0.460 e. The van der Waals surface area contributed by atoms with Gasteiger partial charge >= 0.3 is 5.97 Å². The summed E-state index contributed by atoms with van der Waals surface area (Å²) < 4.78 is 11.7. The van der Waals surface area contributed by atoms with Gasteiger partial charge in [0.1, 0.15) is 18.1 Å². The summed E-state index contributed by atoms with van der Waals surface area (Å²) in [7, 11) is 0. The largest absolute Gasteiger partial charge is 0.460 e. The van der Waals surface area contributed by atoms with E-state index in [2.05, 4.69) is 0 Å². The second-order valence-electron chi connectivity index (χ2n) is 7.90. The fraction of sp³-hybridized carbons (Fsp3) is 0.524. The molecule has 3 fully saturated rings. The molecule has 5 rings (SSSR count). The molecule has 1 spiro atoms. The van der Waals surface area contributed by atoms with Gasteiger partial charge in [0.05, 0.1) is 18.6 Å². The number of nitrogens with zero attached hydrogens (tertiary/aromatic N) is 1. The third-order valence-electron chi connectivity index (χ3n) is 6.39. The Kier molecular flexibility index (Phi) is 3.67. The zero-order chi connectivity index (χ0) is 17.7. The van der Waals surface area contributed by atoms with Crippen molar-refractivity contribution >= 4 is 11.9 Å². The number of esters is 1. The summed E-state index contributed by atoms with van der Waals surface area (Å²) in [6.45, 7) is 0.809. The molecule has 26 heavy (non-hydrogen) atoms. The van der Waals surface area contributed by atoms with E-state index in [9.17, 15) is 9.59 Å². The summed E-state index contributed by atoms with van der Waals surface area (Å²) in [5, 5.41) is 0. The third-order valence-corrected chi connectivity index (χ3v) is 6.39. The maximum Gasteiger partial charge on any atom is 0.313 e. The van der Waals surface area contributed by atoms with E-state index < -0.39 is 17.4 Å². The molecule has 5 heteroatoms. The van der Waals surface area contributed by atoms with Gasteiger partial charge in [-0.3, -0.25) is 9.59 Å². The van der Waals surface area contributed by atoms with Gasteiger partial charge in [-0.1, -0.05) is 55.3 Å². The van der Waals surface area contributed by atoms with Gasteiger partial charge in [0.2, 0.25) is 5.91 Å². The summed E-state index contributed by atoms with van der Waals surface area (Å²) in [4.78, 5) is 27.9. The van der Waals surface area contributed by atoms with Gasteiger partial charge in [-0.25, -0.2) is 0 Å². The highest BCUT2D eigenvalue weighted by Gasteiger charge is 2.67. The minimum absolute atomic E-state index is 0.0745. The van der Waals surface area contributed by atoms with Crippen LogP contribution in [0, 0.1) is 11.8 Å². The van der Waals surface area contributed by atoms with Crippen molar-refractivity contribution in [2.45, 2.75) is 50.0 Å². The maximum absolute atomic E-state index is 13.2. The third kappa shape index (κ3) is 2.33. The Morgan fingerprint density at radius 3 is 2.77 bits per heavy atom. The molecule has 2 saturated heterocycles. The van der Waals surface area contributed by atoms with Gasteiger partial charge in [-0.15, -0.1) is 0 Å². The number of rotatable bonds is 4. The zero-order valence-electron chi connectivity index (χ0n) is 14.7. The van der Waals surface area contributed by atoms with Crippen LogP contribution in [0.3, 0.4) is 0 Å². The van der Waals surface area contributed by atoms with Crippen LogP contribution in [0.2, 0.25) is 0 Å². The summed E-state index contributed by atoms with van der Waals surface area (Å²) in [5.41, 5.74) is 0.321. The average Bonchev–Trinajstić information content (AvgIpc) is 3.42. The molecule has 1 aliphatic carbocycles. The molecule has 1 aromatic carbocycles. The summed E-state index contributed by atoms with van der Waals surface area (Å²) >= 11 is 0. The van der Waals surface area contributed by atoms with E-state index in [1.807, 2.05) is 47.4 Å². The zero-order valence-corrected chi connectivity index (χ0v) is 14.7. The Bertz CT molecular complexity index is 755. The number of amides is 1. The van der Waals surface area contributed by atoms with Gasteiger partial charge in [-0.2, -0.15) is 0 Å². The molecule has 136 valence electrons. The van der Waals surface area contributed by atoms with Gasteiger partial charge in [-0.05, 0) is 18.4 Å². The number of carbonyl (C=O) groups excluding carboxylic acids is 2. The second kappa shape index (κ2) is 5.95. The lowest BCUT2D eigenvalue weighted by molar-refractivity contribution is -0.155. The van der Waals surface area contributed by atoms with Crippen molar-refractivity contribution in [2.24, 2.45) is 11.8 Å². The molecular weight excluding hydrogens is 330 g/mol. The van der Waals surface area contributed by atoms with Crippen molar-refractivity contribution in [3.63, 3.8) is 0 Å². The van der Waals surface area contributed by atoms with Crippen LogP contribution >= 0.6 is 0 Å². The van der Waals surface area contributed by atoms with E-state index in [1.54, 1.807) is 0 Å². The molecule has 0 unspecified atom stereocenters. The SMILES string of the molecule is O=C(OCc1ccccc1)[C@H]1[C@@H]2C=C[C@]3(CN(C4CCCC4)C(=O)[C@H]13)O2. The monoisotopic (exact) mass is 353 g/mol. The number of carbonyl (C=O) groups is 2. The van der Waals surface area contributed by atoms with Gasteiger partial charge in [0, 0.05) is 6.04 Å². The van der Waals surface area contributed by atoms with E-state index in [0.29, 0.717) is 12.6 Å². The van der Waals surface area contributed by atoms with E-state index in [-0.39, 0.29) is 24.6 Å². The molecule has 4 atom stereocenters. The van der Waals surface area contributed by atoms with E-state index in [1.165, 1.54) is 12.8 Å². The summed E-state index contributed by atoms with van der Waals surface area (Å²) in [6, 6.07) is 9.92. The first-order chi connectivity index (χ1) is 12.7. The predicted octanol–water partition coefficient (Wildman–Crippen LogP) is 2.45.